The number of aromatic nitrogens is 1. The van der Waals surface area contributed by atoms with E-state index in [0.717, 1.165) is 0 Å². The number of nitrogens with two attached hydrogens (primary N) is 1. The van der Waals surface area contributed by atoms with Gasteiger partial charge in [0.25, 0.3) is 0 Å². The van der Waals surface area contributed by atoms with Crippen LogP contribution in [0.3, 0.4) is 0 Å². The number of hydrogen-bond donors (Lipinski definition) is 2. The van der Waals surface area contributed by atoms with Crippen molar-refractivity contribution < 1.29 is 9.50 Å². The molecular weight excluding hydrogens is 295 g/mol. The molecule has 2 aromatic rings. The van der Waals surface area contributed by atoms with Crippen molar-refractivity contribution in [3.63, 3.8) is 0 Å². The summed E-state index contributed by atoms with van der Waals surface area (Å²) in [5, 5.41) is 10.3. The lowest BCUT2D eigenvalue weighted by atomic mass is 10.1. The van der Waals surface area contributed by atoms with Gasteiger partial charge in [-0.15, -0.1) is 0 Å². The maximum Gasteiger partial charge on any atom is 0.180 e. The lowest BCUT2D eigenvalue weighted by molar-refractivity contribution is 0.223. The van der Waals surface area contributed by atoms with Crippen LogP contribution in [0.5, 0.6) is 0 Å². The van der Waals surface area contributed by atoms with E-state index >= 15 is 0 Å². The molecule has 0 saturated carbocycles. The molecule has 1 atom stereocenters. The molecule has 0 bridgehead atoms. The minimum atomic E-state index is -0.891. The molecule has 84 valence electrons. The summed E-state index contributed by atoms with van der Waals surface area (Å²) in [6.07, 6.45) is 0.599. The van der Waals surface area contributed by atoms with Gasteiger partial charge in [-0.1, -0.05) is 17.4 Å². The Bertz CT molecular complexity index is 517. The molecule has 0 fully saturated rings. The van der Waals surface area contributed by atoms with Gasteiger partial charge < -0.3 is 10.8 Å². The summed E-state index contributed by atoms with van der Waals surface area (Å²) in [7, 11) is 0. The number of halogens is 2. The maximum atomic E-state index is 13.3. The summed E-state index contributed by atoms with van der Waals surface area (Å²) in [5.41, 5.74) is 5.94. The van der Waals surface area contributed by atoms with E-state index in [0.29, 0.717) is 20.0 Å². The van der Waals surface area contributed by atoms with Crippen LogP contribution in [0.1, 0.15) is 16.5 Å². The van der Waals surface area contributed by atoms with Gasteiger partial charge in [0.2, 0.25) is 0 Å². The van der Waals surface area contributed by atoms with Gasteiger partial charge in [-0.05, 0) is 33.6 Å². The van der Waals surface area contributed by atoms with Gasteiger partial charge in [-0.25, -0.2) is 9.37 Å². The van der Waals surface area contributed by atoms with Crippen molar-refractivity contribution in [1.29, 1.82) is 0 Å². The Morgan fingerprint density at radius 3 is 2.81 bits per heavy atom. The van der Waals surface area contributed by atoms with Crippen molar-refractivity contribution in [1.82, 2.24) is 4.98 Å². The zero-order valence-corrected chi connectivity index (χ0v) is 10.4. The molecule has 0 aliphatic heterocycles. The molecule has 3 N–H and O–H groups in total. The van der Waals surface area contributed by atoms with Gasteiger partial charge in [-0.3, -0.25) is 0 Å². The topological polar surface area (TPSA) is 59.1 Å². The molecule has 3 nitrogen and oxygen atoms in total. The Labute approximate surface area is 104 Å². The predicted molar refractivity (Wildman–Crippen MR) is 64.7 cm³/mol. The van der Waals surface area contributed by atoms with Crippen LogP contribution in [0.4, 0.5) is 9.52 Å². The van der Waals surface area contributed by atoms with Crippen LogP contribution in [-0.4, -0.2) is 10.1 Å². The first kappa shape index (κ1) is 11.5. The Kier molecular flexibility index (Phi) is 3.22. The molecule has 1 aromatic carbocycles. The number of benzene rings is 1. The first-order valence-electron chi connectivity index (χ1n) is 4.42. The SMILES string of the molecule is Nc1ncc(C(O)c2ccc(Br)c(F)c2)s1. The summed E-state index contributed by atoms with van der Waals surface area (Å²) < 4.78 is 13.6. The zero-order chi connectivity index (χ0) is 11.7. The van der Waals surface area contributed by atoms with Crippen molar-refractivity contribution in [2.75, 3.05) is 5.73 Å². The number of nitrogens with zero attached hydrogens (tertiary/aromatic N) is 1. The lowest BCUT2D eigenvalue weighted by Crippen LogP contribution is -1.97. The highest BCUT2D eigenvalue weighted by atomic mass is 79.9. The first-order valence-corrected chi connectivity index (χ1v) is 6.03. The third-order valence-corrected chi connectivity index (χ3v) is 3.59. The van der Waals surface area contributed by atoms with E-state index in [1.54, 1.807) is 12.1 Å². The summed E-state index contributed by atoms with van der Waals surface area (Å²) in [6.45, 7) is 0. The maximum absolute atomic E-state index is 13.3. The van der Waals surface area contributed by atoms with E-state index in [9.17, 15) is 9.50 Å². The van der Waals surface area contributed by atoms with Crippen LogP contribution in [0, 0.1) is 5.82 Å². The average Bonchev–Trinajstić information content (AvgIpc) is 2.68. The van der Waals surface area contributed by atoms with E-state index in [1.807, 2.05) is 0 Å². The van der Waals surface area contributed by atoms with E-state index in [4.69, 9.17) is 5.73 Å². The molecule has 16 heavy (non-hydrogen) atoms. The Hall–Kier alpha value is -0.980. The molecule has 0 spiro atoms. The van der Waals surface area contributed by atoms with Gasteiger partial charge in [0, 0.05) is 6.20 Å². The fraction of sp³-hybridized carbons (Fsp3) is 0.100. The minimum absolute atomic E-state index is 0.368. The zero-order valence-electron chi connectivity index (χ0n) is 8.02. The largest absolute Gasteiger partial charge is 0.383 e. The van der Waals surface area contributed by atoms with Gasteiger partial charge in [0.1, 0.15) is 11.9 Å². The fourth-order valence-electron chi connectivity index (χ4n) is 1.27. The summed E-state index contributed by atoms with van der Waals surface area (Å²) in [4.78, 5) is 4.43. The molecule has 1 heterocycles. The monoisotopic (exact) mass is 302 g/mol. The third kappa shape index (κ3) is 2.23. The fourth-order valence-corrected chi connectivity index (χ4v) is 2.22. The lowest BCUT2D eigenvalue weighted by Gasteiger charge is -2.08. The van der Waals surface area contributed by atoms with Crippen LogP contribution in [0.25, 0.3) is 0 Å². The summed E-state index contributed by atoms with van der Waals surface area (Å²) in [6, 6.07) is 4.48. The quantitative estimate of drug-likeness (QED) is 0.897. The Morgan fingerprint density at radius 1 is 1.50 bits per heavy atom. The third-order valence-electron chi connectivity index (χ3n) is 2.07. The van der Waals surface area contributed by atoms with Crippen molar-refractivity contribution in [2.45, 2.75) is 6.10 Å². The van der Waals surface area contributed by atoms with E-state index in [1.165, 1.54) is 23.6 Å². The van der Waals surface area contributed by atoms with E-state index in [-0.39, 0.29) is 0 Å². The first-order chi connectivity index (χ1) is 7.58. The van der Waals surface area contributed by atoms with Crippen LogP contribution in [-0.2, 0) is 0 Å². The molecule has 0 aliphatic carbocycles. The van der Waals surface area contributed by atoms with Gasteiger partial charge >= 0.3 is 0 Å². The molecule has 1 unspecified atom stereocenters. The minimum Gasteiger partial charge on any atom is -0.383 e. The second-order valence-electron chi connectivity index (χ2n) is 3.18. The molecule has 0 aliphatic rings. The summed E-state index contributed by atoms with van der Waals surface area (Å²) in [5.74, 6) is -0.408. The number of anilines is 1. The van der Waals surface area contributed by atoms with Crippen molar-refractivity contribution in [3.8, 4) is 0 Å². The molecule has 2 rings (SSSR count). The predicted octanol–water partition coefficient (Wildman–Crippen LogP) is 2.71. The highest BCUT2D eigenvalue weighted by Crippen LogP contribution is 2.29. The van der Waals surface area contributed by atoms with Crippen LogP contribution in [0.15, 0.2) is 28.9 Å². The number of nitrogen functional groups attached to an aromatic ring is 1. The molecular formula is C10H8BrFN2OS. The van der Waals surface area contributed by atoms with Crippen LogP contribution < -0.4 is 5.73 Å². The molecule has 6 heteroatoms. The molecule has 0 radical (unpaired) electrons. The van der Waals surface area contributed by atoms with Crippen LogP contribution >= 0.6 is 27.3 Å². The highest BCUT2D eigenvalue weighted by Gasteiger charge is 2.14. The second kappa shape index (κ2) is 4.48. The standard InChI is InChI=1S/C10H8BrFN2OS/c11-6-2-1-5(3-7(6)12)9(15)8-4-14-10(13)16-8/h1-4,9,15H,(H2,13,14). The molecule has 1 aromatic heterocycles. The molecule has 0 amide bonds. The van der Waals surface area contributed by atoms with Crippen molar-refractivity contribution in [2.24, 2.45) is 0 Å². The summed E-state index contributed by atoms with van der Waals surface area (Å²) >= 11 is 4.24. The molecule has 0 saturated heterocycles. The number of rotatable bonds is 2. The van der Waals surface area contributed by atoms with Crippen LogP contribution in [0.2, 0.25) is 0 Å². The van der Waals surface area contributed by atoms with E-state index < -0.39 is 11.9 Å². The normalized spacial score (nSPS) is 12.7. The van der Waals surface area contributed by atoms with Crippen molar-refractivity contribution in [3.05, 3.63) is 45.1 Å². The second-order valence-corrected chi connectivity index (χ2v) is 5.13. The van der Waals surface area contributed by atoms with Gasteiger partial charge in [0.05, 0.1) is 9.35 Å². The van der Waals surface area contributed by atoms with E-state index in [2.05, 4.69) is 20.9 Å². The highest BCUT2D eigenvalue weighted by molar-refractivity contribution is 9.10. The Balaban J connectivity index is 2.33. The van der Waals surface area contributed by atoms with Gasteiger partial charge in [-0.2, -0.15) is 0 Å². The Morgan fingerprint density at radius 2 is 2.25 bits per heavy atom. The smallest absolute Gasteiger partial charge is 0.180 e. The van der Waals surface area contributed by atoms with Gasteiger partial charge in [0.15, 0.2) is 5.13 Å². The number of aliphatic hydroxyl groups excluding tert-OH is 1. The number of thiazole rings is 1. The number of aliphatic hydroxyl groups is 1. The van der Waals surface area contributed by atoms with Crippen molar-refractivity contribution >= 4 is 32.4 Å². The number of hydrogen-bond acceptors (Lipinski definition) is 4. The average molecular weight is 303 g/mol.